The molecule has 0 amide bonds. The molecule has 0 N–H and O–H groups in total. The SMILES string of the molecule is CCCCCCN1CC2CC(C1)CN(CCCCCC)C2. The van der Waals surface area contributed by atoms with Gasteiger partial charge in [-0.25, -0.2) is 0 Å². The lowest BCUT2D eigenvalue weighted by Crippen LogP contribution is -2.52. The third kappa shape index (κ3) is 6.28. The molecule has 0 unspecified atom stereocenters. The van der Waals surface area contributed by atoms with Crippen molar-refractivity contribution in [1.82, 2.24) is 9.80 Å². The molecule has 0 aliphatic carbocycles. The maximum absolute atomic E-state index is 2.78. The largest absolute Gasteiger partial charge is 0.303 e. The molecule has 2 rings (SSSR count). The van der Waals surface area contributed by atoms with E-state index in [9.17, 15) is 0 Å². The molecule has 0 aromatic heterocycles. The molecule has 0 aromatic carbocycles. The highest BCUT2D eigenvalue weighted by Gasteiger charge is 2.33. The minimum Gasteiger partial charge on any atom is -0.303 e. The van der Waals surface area contributed by atoms with Crippen LogP contribution in [0, 0.1) is 11.8 Å². The predicted octanol–water partition coefficient (Wildman–Crippen LogP) is 4.40. The Hall–Kier alpha value is -0.0800. The van der Waals surface area contributed by atoms with Crippen molar-refractivity contribution < 1.29 is 0 Å². The van der Waals surface area contributed by atoms with Crippen LogP contribution in [0.5, 0.6) is 0 Å². The summed E-state index contributed by atoms with van der Waals surface area (Å²) < 4.78 is 0. The van der Waals surface area contributed by atoms with E-state index in [1.807, 2.05) is 0 Å². The lowest BCUT2D eigenvalue weighted by atomic mass is 9.84. The zero-order valence-corrected chi connectivity index (χ0v) is 14.7. The van der Waals surface area contributed by atoms with Gasteiger partial charge in [-0.15, -0.1) is 0 Å². The Morgan fingerprint density at radius 2 is 1.05 bits per heavy atom. The lowest BCUT2D eigenvalue weighted by Gasteiger charge is -2.46. The van der Waals surface area contributed by atoms with Gasteiger partial charge in [-0.1, -0.05) is 52.4 Å². The van der Waals surface area contributed by atoms with Gasteiger partial charge < -0.3 is 9.80 Å². The van der Waals surface area contributed by atoms with Gasteiger partial charge in [0.1, 0.15) is 0 Å². The van der Waals surface area contributed by atoms with Gasteiger partial charge >= 0.3 is 0 Å². The fraction of sp³-hybridized carbons (Fsp3) is 1.00. The van der Waals surface area contributed by atoms with Crippen LogP contribution in [0.1, 0.15) is 71.6 Å². The summed E-state index contributed by atoms with van der Waals surface area (Å²) in [5.41, 5.74) is 0. The van der Waals surface area contributed by atoms with E-state index in [1.54, 1.807) is 0 Å². The minimum absolute atomic E-state index is 0.967. The number of nitrogens with zero attached hydrogens (tertiary/aromatic N) is 2. The quantitative estimate of drug-likeness (QED) is 0.551. The van der Waals surface area contributed by atoms with Gasteiger partial charge in [0, 0.05) is 26.2 Å². The van der Waals surface area contributed by atoms with Crippen molar-refractivity contribution in [1.29, 1.82) is 0 Å². The second-order valence-corrected chi connectivity index (χ2v) is 7.61. The first-order chi connectivity index (χ1) is 10.3. The van der Waals surface area contributed by atoms with Crippen LogP contribution in [0.15, 0.2) is 0 Å². The number of hydrogen-bond donors (Lipinski definition) is 0. The Bertz CT molecular complexity index is 228. The fourth-order valence-corrected chi connectivity index (χ4v) is 4.38. The van der Waals surface area contributed by atoms with Crippen LogP contribution in [0.2, 0.25) is 0 Å². The van der Waals surface area contributed by atoms with Crippen LogP contribution >= 0.6 is 0 Å². The molecular weight excluding hydrogens is 256 g/mol. The van der Waals surface area contributed by atoms with E-state index < -0.39 is 0 Å². The molecule has 2 nitrogen and oxygen atoms in total. The fourth-order valence-electron chi connectivity index (χ4n) is 4.38. The lowest BCUT2D eigenvalue weighted by molar-refractivity contribution is 0.0299. The molecule has 2 aliphatic heterocycles. The number of unbranched alkanes of at least 4 members (excludes halogenated alkanes) is 6. The van der Waals surface area contributed by atoms with E-state index in [1.165, 1.54) is 97.1 Å². The van der Waals surface area contributed by atoms with E-state index in [2.05, 4.69) is 23.6 Å². The summed E-state index contributed by atoms with van der Waals surface area (Å²) in [5, 5.41) is 0. The number of piperidine rings is 2. The minimum atomic E-state index is 0.967. The zero-order valence-electron chi connectivity index (χ0n) is 14.7. The normalized spacial score (nSPS) is 27.1. The first-order valence-corrected chi connectivity index (χ1v) is 9.76. The average Bonchev–Trinajstić information content (AvgIpc) is 2.47. The highest BCUT2D eigenvalue weighted by molar-refractivity contribution is 4.87. The van der Waals surface area contributed by atoms with Crippen LogP contribution < -0.4 is 0 Å². The van der Waals surface area contributed by atoms with Gasteiger partial charge in [0.2, 0.25) is 0 Å². The van der Waals surface area contributed by atoms with Crippen LogP contribution in [0.4, 0.5) is 0 Å². The van der Waals surface area contributed by atoms with Crippen molar-refractivity contribution in [2.45, 2.75) is 71.6 Å². The second-order valence-electron chi connectivity index (χ2n) is 7.61. The molecule has 0 radical (unpaired) electrons. The van der Waals surface area contributed by atoms with E-state index >= 15 is 0 Å². The highest BCUT2D eigenvalue weighted by atomic mass is 15.2. The molecular formula is C19H38N2. The third-order valence-corrected chi connectivity index (χ3v) is 5.39. The van der Waals surface area contributed by atoms with Gasteiger partial charge in [0.05, 0.1) is 0 Å². The van der Waals surface area contributed by atoms with Crippen molar-refractivity contribution in [3.8, 4) is 0 Å². The molecule has 0 atom stereocenters. The first kappa shape index (κ1) is 17.3. The maximum Gasteiger partial charge on any atom is 0.00221 e. The number of likely N-dealkylation sites (tertiary alicyclic amines) is 2. The molecule has 0 aromatic rings. The van der Waals surface area contributed by atoms with Gasteiger partial charge in [-0.3, -0.25) is 0 Å². The maximum atomic E-state index is 2.78. The zero-order chi connectivity index (χ0) is 14.9. The summed E-state index contributed by atoms with van der Waals surface area (Å²) in [6.45, 7) is 12.9. The Morgan fingerprint density at radius 3 is 1.43 bits per heavy atom. The second kappa shape index (κ2) is 9.84. The van der Waals surface area contributed by atoms with Crippen molar-refractivity contribution in [3.05, 3.63) is 0 Å². The Balaban J connectivity index is 1.63. The van der Waals surface area contributed by atoms with E-state index in [0.717, 1.165) is 11.8 Å². The monoisotopic (exact) mass is 294 g/mol. The van der Waals surface area contributed by atoms with Crippen molar-refractivity contribution in [2.24, 2.45) is 11.8 Å². The van der Waals surface area contributed by atoms with Gasteiger partial charge in [0.25, 0.3) is 0 Å². The number of hydrogen-bond acceptors (Lipinski definition) is 2. The molecule has 2 fully saturated rings. The topological polar surface area (TPSA) is 6.48 Å². The summed E-state index contributed by atoms with van der Waals surface area (Å²) in [6.07, 6.45) is 12.8. The molecule has 0 spiro atoms. The Labute approximate surface area is 133 Å². The van der Waals surface area contributed by atoms with Crippen LogP contribution in [-0.4, -0.2) is 49.1 Å². The highest BCUT2D eigenvalue weighted by Crippen LogP contribution is 2.29. The van der Waals surface area contributed by atoms with Gasteiger partial charge in [-0.2, -0.15) is 0 Å². The van der Waals surface area contributed by atoms with E-state index in [4.69, 9.17) is 0 Å². The van der Waals surface area contributed by atoms with Crippen LogP contribution in [-0.2, 0) is 0 Å². The summed E-state index contributed by atoms with van der Waals surface area (Å²) in [4.78, 5) is 5.56. The molecule has 21 heavy (non-hydrogen) atoms. The van der Waals surface area contributed by atoms with Crippen molar-refractivity contribution in [3.63, 3.8) is 0 Å². The predicted molar refractivity (Wildman–Crippen MR) is 92.8 cm³/mol. The van der Waals surface area contributed by atoms with Crippen LogP contribution in [0.3, 0.4) is 0 Å². The molecule has 0 saturated carbocycles. The van der Waals surface area contributed by atoms with Gasteiger partial charge in [0.15, 0.2) is 0 Å². The van der Waals surface area contributed by atoms with Crippen LogP contribution in [0.25, 0.3) is 0 Å². The third-order valence-electron chi connectivity index (χ3n) is 5.39. The van der Waals surface area contributed by atoms with Crippen molar-refractivity contribution in [2.75, 3.05) is 39.3 Å². The van der Waals surface area contributed by atoms with Crippen molar-refractivity contribution >= 4 is 0 Å². The number of rotatable bonds is 10. The smallest absolute Gasteiger partial charge is 0.00221 e. The van der Waals surface area contributed by atoms with E-state index in [0.29, 0.717) is 0 Å². The molecule has 2 heteroatoms. The molecule has 2 saturated heterocycles. The standard InChI is InChI=1S/C19H38N2/c1-3-5-7-9-11-20-14-18-13-19(15-20)17-21(16-18)12-10-8-6-4-2/h18-19H,3-17H2,1-2H3. The van der Waals surface area contributed by atoms with E-state index in [-0.39, 0.29) is 0 Å². The summed E-state index contributed by atoms with van der Waals surface area (Å²) in [6, 6.07) is 0. The molecule has 2 bridgehead atoms. The Morgan fingerprint density at radius 1 is 0.619 bits per heavy atom. The Kier molecular flexibility index (Phi) is 8.10. The summed E-state index contributed by atoms with van der Waals surface area (Å²) in [5.74, 6) is 1.93. The van der Waals surface area contributed by atoms with Gasteiger partial charge in [-0.05, 0) is 44.2 Å². The number of fused-ring (bicyclic) bond motifs is 2. The molecule has 2 aliphatic rings. The summed E-state index contributed by atoms with van der Waals surface area (Å²) >= 11 is 0. The average molecular weight is 295 g/mol. The molecule has 2 heterocycles. The molecule has 124 valence electrons. The first-order valence-electron chi connectivity index (χ1n) is 9.76. The summed E-state index contributed by atoms with van der Waals surface area (Å²) in [7, 11) is 0.